The zero-order valence-electron chi connectivity index (χ0n) is 8.38. The van der Waals surface area contributed by atoms with Crippen LogP contribution in [0.2, 0.25) is 0 Å². The number of hydrogen-bond acceptors (Lipinski definition) is 3. The van der Waals surface area contributed by atoms with Crippen LogP contribution in [0.1, 0.15) is 19.1 Å². The first-order valence-corrected chi connectivity index (χ1v) is 4.82. The van der Waals surface area contributed by atoms with Gasteiger partial charge in [0.1, 0.15) is 5.76 Å². The minimum atomic E-state index is 0.0263. The number of carbonyl (C=O) groups excluding carboxylic acids is 1. The second kappa shape index (κ2) is 6.21. The summed E-state index contributed by atoms with van der Waals surface area (Å²) in [5.74, 6) is 0.867. The van der Waals surface area contributed by atoms with Crippen LogP contribution in [0.25, 0.3) is 0 Å². The first kappa shape index (κ1) is 10.8. The molecule has 0 aromatic carbocycles. The normalized spacial score (nSPS) is 10.1. The molecule has 1 amide bonds. The van der Waals surface area contributed by atoms with Crippen molar-refractivity contribution in [1.29, 1.82) is 0 Å². The number of hydrogen-bond donors (Lipinski definition) is 2. The molecule has 0 spiro atoms. The summed E-state index contributed by atoms with van der Waals surface area (Å²) in [6.07, 6.45) is 2.58. The summed E-state index contributed by atoms with van der Waals surface area (Å²) in [4.78, 5) is 11.1. The van der Waals surface area contributed by atoms with E-state index in [0.717, 1.165) is 18.7 Å². The monoisotopic (exact) mass is 196 g/mol. The SMILES string of the molecule is CCCNC(=O)CNCc1ccco1. The van der Waals surface area contributed by atoms with Gasteiger partial charge in [-0.05, 0) is 18.6 Å². The molecule has 1 rings (SSSR count). The Labute approximate surface area is 83.7 Å². The predicted molar refractivity (Wildman–Crippen MR) is 53.7 cm³/mol. The minimum absolute atomic E-state index is 0.0263. The first-order chi connectivity index (χ1) is 6.83. The number of nitrogens with one attached hydrogen (secondary N) is 2. The molecule has 14 heavy (non-hydrogen) atoms. The van der Waals surface area contributed by atoms with Crippen LogP contribution < -0.4 is 10.6 Å². The van der Waals surface area contributed by atoms with Crippen molar-refractivity contribution >= 4 is 5.91 Å². The van der Waals surface area contributed by atoms with Gasteiger partial charge in [-0.1, -0.05) is 6.92 Å². The van der Waals surface area contributed by atoms with Gasteiger partial charge in [-0.25, -0.2) is 0 Å². The smallest absolute Gasteiger partial charge is 0.233 e. The van der Waals surface area contributed by atoms with Gasteiger partial charge in [0, 0.05) is 6.54 Å². The van der Waals surface area contributed by atoms with Crippen LogP contribution in [-0.2, 0) is 11.3 Å². The Morgan fingerprint density at radius 2 is 2.43 bits per heavy atom. The highest BCUT2D eigenvalue weighted by Gasteiger charge is 1.99. The lowest BCUT2D eigenvalue weighted by Gasteiger charge is -2.03. The molecule has 0 saturated heterocycles. The molecule has 0 fully saturated rings. The van der Waals surface area contributed by atoms with E-state index in [0.29, 0.717) is 13.1 Å². The van der Waals surface area contributed by atoms with E-state index in [-0.39, 0.29) is 5.91 Å². The molecule has 0 radical (unpaired) electrons. The van der Waals surface area contributed by atoms with Crippen LogP contribution in [0.5, 0.6) is 0 Å². The van der Waals surface area contributed by atoms with E-state index in [9.17, 15) is 4.79 Å². The molecule has 4 nitrogen and oxygen atoms in total. The van der Waals surface area contributed by atoms with E-state index >= 15 is 0 Å². The molecule has 78 valence electrons. The molecule has 0 aliphatic heterocycles. The second-order valence-corrected chi connectivity index (χ2v) is 3.03. The third-order valence-electron chi connectivity index (χ3n) is 1.74. The van der Waals surface area contributed by atoms with Crippen molar-refractivity contribution < 1.29 is 9.21 Å². The summed E-state index contributed by atoms with van der Waals surface area (Å²) in [5, 5.41) is 5.77. The second-order valence-electron chi connectivity index (χ2n) is 3.03. The Hall–Kier alpha value is -1.29. The summed E-state index contributed by atoms with van der Waals surface area (Å²) in [5.41, 5.74) is 0. The van der Waals surface area contributed by atoms with Crippen molar-refractivity contribution in [2.45, 2.75) is 19.9 Å². The number of furan rings is 1. The van der Waals surface area contributed by atoms with Gasteiger partial charge in [0.25, 0.3) is 0 Å². The lowest BCUT2D eigenvalue weighted by molar-refractivity contribution is -0.120. The maximum atomic E-state index is 11.1. The average Bonchev–Trinajstić information content (AvgIpc) is 2.67. The largest absolute Gasteiger partial charge is 0.468 e. The van der Waals surface area contributed by atoms with E-state index in [1.54, 1.807) is 6.26 Å². The van der Waals surface area contributed by atoms with Crippen molar-refractivity contribution in [2.75, 3.05) is 13.1 Å². The molecule has 0 atom stereocenters. The molecule has 2 N–H and O–H groups in total. The maximum absolute atomic E-state index is 11.1. The molecule has 0 aliphatic rings. The van der Waals surface area contributed by atoms with Crippen molar-refractivity contribution in [3.05, 3.63) is 24.2 Å². The van der Waals surface area contributed by atoms with Crippen LogP contribution in [0, 0.1) is 0 Å². The minimum Gasteiger partial charge on any atom is -0.468 e. The average molecular weight is 196 g/mol. The van der Waals surface area contributed by atoms with Gasteiger partial charge in [0.05, 0.1) is 19.4 Å². The molecular weight excluding hydrogens is 180 g/mol. The molecule has 0 saturated carbocycles. The number of carbonyl (C=O) groups is 1. The van der Waals surface area contributed by atoms with E-state index in [2.05, 4.69) is 10.6 Å². The molecule has 0 aliphatic carbocycles. The summed E-state index contributed by atoms with van der Waals surface area (Å²) >= 11 is 0. The molecule has 0 bridgehead atoms. The third-order valence-corrected chi connectivity index (χ3v) is 1.74. The first-order valence-electron chi connectivity index (χ1n) is 4.82. The topological polar surface area (TPSA) is 54.3 Å². The molecule has 1 aromatic heterocycles. The highest BCUT2D eigenvalue weighted by molar-refractivity contribution is 5.77. The Morgan fingerprint density at radius 1 is 1.57 bits per heavy atom. The van der Waals surface area contributed by atoms with Gasteiger partial charge in [0.15, 0.2) is 0 Å². The van der Waals surface area contributed by atoms with Crippen molar-refractivity contribution in [3.63, 3.8) is 0 Å². The van der Waals surface area contributed by atoms with Gasteiger partial charge in [0.2, 0.25) is 5.91 Å². The van der Waals surface area contributed by atoms with Gasteiger partial charge in [-0.2, -0.15) is 0 Å². The van der Waals surface area contributed by atoms with Crippen LogP contribution in [0.4, 0.5) is 0 Å². The fourth-order valence-electron chi connectivity index (χ4n) is 1.04. The van der Waals surface area contributed by atoms with Crippen LogP contribution in [0.3, 0.4) is 0 Å². The van der Waals surface area contributed by atoms with Crippen LogP contribution >= 0.6 is 0 Å². The summed E-state index contributed by atoms with van der Waals surface area (Å²) < 4.78 is 5.10. The maximum Gasteiger partial charge on any atom is 0.233 e. The molecule has 0 unspecified atom stereocenters. The lowest BCUT2D eigenvalue weighted by Crippen LogP contribution is -2.33. The summed E-state index contributed by atoms with van der Waals surface area (Å²) in [7, 11) is 0. The standard InChI is InChI=1S/C10H16N2O2/c1-2-5-12-10(13)8-11-7-9-4-3-6-14-9/h3-4,6,11H,2,5,7-8H2,1H3,(H,12,13). The molecule has 1 heterocycles. The Kier molecular flexibility index (Phi) is 4.78. The quantitative estimate of drug-likeness (QED) is 0.710. The van der Waals surface area contributed by atoms with E-state index in [1.807, 2.05) is 19.1 Å². The molecule has 4 heteroatoms. The summed E-state index contributed by atoms with van der Waals surface area (Å²) in [6, 6.07) is 3.70. The zero-order valence-corrected chi connectivity index (χ0v) is 8.38. The zero-order chi connectivity index (χ0) is 10.2. The Balaban J connectivity index is 2.06. The van der Waals surface area contributed by atoms with Crippen molar-refractivity contribution in [3.8, 4) is 0 Å². The van der Waals surface area contributed by atoms with E-state index < -0.39 is 0 Å². The fraction of sp³-hybridized carbons (Fsp3) is 0.500. The highest BCUT2D eigenvalue weighted by atomic mass is 16.3. The highest BCUT2D eigenvalue weighted by Crippen LogP contribution is 1.97. The van der Waals surface area contributed by atoms with Crippen molar-refractivity contribution in [1.82, 2.24) is 10.6 Å². The number of amides is 1. The molecule has 1 aromatic rings. The number of rotatable bonds is 6. The Bertz CT molecular complexity index is 257. The fourth-order valence-corrected chi connectivity index (χ4v) is 1.04. The predicted octanol–water partition coefficient (Wildman–Crippen LogP) is 0.895. The van der Waals surface area contributed by atoms with Crippen LogP contribution in [0.15, 0.2) is 22.8 Å². The van der Waals surface area contributed by atoms with Crippen molar-refractivity contribution in [2.24, 2.45) is 0 Å². The lowest BCUT2D eigenvalue weighted by atomic mass is 10.4. The van der Waals surface area contributed by atoms with Gasteiger partial charge in [-0.3, -0.25) is 4.79 Å². The third kappa shape index (κ3) is 4.09. The van der Waals surface area contributed by atoms with E-state index in [4.69, 9.17) is 4.42 Å². The van der Waals surface area contributed by atoms with Gasteiger partial charge >= 0.3 is 0 Å². The van der Waals surface area contributed by atoms with Crippen LogP contribution in [-0.4, -0.2) is 19.0 Å². The summed E-state index contributed by atoms with van der Waals surface area (Å²) in [6.45, 7) is 3.69. The molecular formula is C10H16N2O2. The van der Waals surface area contributed by atoms with Gasteiger partial charge < -0.3 is 15.1 Å². The van der Waals surface area contributed by atoms with Gasteiger partial charge in [-0.15, -0.1) is 0 Å². The van der Waals surface area contributed by atoms with E-state index in [1.165, 1.54) is 0 Å². The Morgan fingerprint density at radius 3 is 3.07 bits per heavy atom.